The monoisotopic (exact) mass is 295 g/mol. The second-order valence-electron chi connectivity index (χ2n) is 5.03. The quantitative estimate of drug-likeness (QED) is 0.906. The van der Waals surface area contributed by atoms with Gasteiger partial charge < -0.3 is 5.32 Å². The van der Waals surface area contributed by atoms with E-state index in [4.69, 9.17) is 0 Å². The van der Waals surface area contributed by atoms with Crippen LogP contribution < -0.4 is 5.32 Å². The van der Waals surface area contributed by atoms with Crippen LogP contribution in [0, 0.1) is 6.92 Å². The summed E-state index contributed by atoms with van der Waals surface area (Å²) in [5.41, 5.74) is 0.704. The van der Waals surface area contributed by atoms with Crippen LogP contribution in [0.5, 0.6) is 0 Å². The summed E-state index contributed by atoms with van der Waals surface area (Å²) >= 11 is 0. The van der Waals surface area contributed by atoms with Gasteiger partial charge in [0.25, 0.3) is 0 Å². The summed E-state index contributed by atoms with van der Waals surface area (Å²) in [5.74, 6) is 1.77. The van der Waals surface area contributed by atoms with E-state index in [9.17, 15) is 8.42 Å². The van der Waals surface area contributed by atoms with Gasteiger partial charge in [0.2, 0.25) is 0 Å². The van der Waals surface area contributed by atoms with E-state index in [1.165, 1.54) is 0 Å². The molecular formula is C12H17N5O2S. The molecule has 0 amide bonds. The first kappa shape index (κ1) is 13.3. The van der Waals surface area contributed by atoms with Crippen molar-refractivity contribution in [1.29, 1.82) is 0 Å². The Labute approximate surface area is 117 Å². The number of anilines is 1. The summed E-state index contributed by atoms with van der Waals surface area (Å²) in [6.07, 6.45) is 2.30. The number of aromatic nitrogens is 4. The highest BCUT2D eigenvalue weighted by molar-refractivity contribution is 7.91. The first-order chi connectivity index (χ1) is 9.50. The molecule has 1 fully saturated rings. The number of hydrogen-bond acceptors (Lipinski definition) is 6. The molecule has 3 rings (SSSR count). The van der Waals surface area contributed by atoms with Gasteiger partial charge in [-0.2, -0.15) is 5.10 Å². The Morgan fingerprint density at radius 1 is 1.45 bits per heavy atom. The fraction of sp³-hybridized carbons (Fsp3) is 0.583. The lowest BCUT2D eigenvalue weighted by atomic mass is 10.2. The summed E-state index contributed by atoms with van der Waals surface area (Å²) in [5, 5.41) is 8.36. The Morgan fingerprint density at radius 3 is 2.90 bits per heavy atom. The van der Waals surface area contributed by atoms with Crippen LogP contribution in [0.25, 0.3) is 11.0 Å². The summed E-state index contributed by atoms with van der Waals surface area (Å²) in [6, 6.07) is -0.124. The molecule has 20 heavy (non-hydrogen) atoms. The van der Waals surface area contributed by atoms with E-state index in [2.05, 4.69) is 20.4 Å². The van der Waals surface area contributed by atoms with Crippen molar-refractivity contribution in [1.82, 2.24) is 19.7 Å². The molecule has 1 aliphatic rings. The zero-order chi connectivity index (χ0) is 14.3. The molecule has 7 nitrogen and oxygen atoms in total. The second-order valence-corrected chi connectivity index (χ2v) is 7.26. The molecule has 0 spiro atoms. The van der Waals surface area contributed by atoms with Crippen molar-refractivity contribution >= 4 is 26.7 Å². The highest BCUT2D eigenvalue weighted by Gasteiger charge is 2.31. The lowest BCUT2D eigenvalue weighted by molar-refractivity contribution is 0.511. The first-order valence-corrected chi connectivity index (χ1v) is 8.48. The molecule has 8 heteroatoms. The zero-order valence-corrected chi connectivity index (χ0v) is 12.3. The number of sulfone groups is 1. The number of fused-ring (bicyclic) bond motifs is 1. The van der Waals surface area contributed by atoms with E-state index in [0.717, 1.165) is 17.7 Å². The van der Waals surface area contributed by atoms with Gasteiger partial charge in [-0.15, -0.1) is 0 Å². The second kappa shape index (κ2) is 4.69. The van der Waals surface area contributed by atoms with Crippen LogP contribution in [0.15, 0.2) is 6.20 Å². The molecule has 1 unspecified atom stereocenters. The SMILES string of the molecule is CCNc1nc(C)nc2c1cnn2C1CCS(=O)(=O)C1. The number of nitrogens with one attached hydrogen (secondary N) is 1. The molecule has 0 aliphatic carbocycles. The summed E-state index contributed by atoms with van der Waals surface area (Å²) < 4.78 is 25.0. The standard InChI is InChI=1S/C12H17N5O2S/c1-3-13-11-10-6-14-17(12(10)16-8(2)15-11)9-4-5-20(18,19)7-9/h6,9H,3-5,7H2,1-2H3,(H,13,15,16). The first-order valence-electron chi connectivity index (χ1n) is 6.66. The largest absolute Gasteiger partial charge is 0.370 e. The molecule has 2 aromatic rings. The van der Waals surface area contributed by atoms with Gasteiger partial charge in [0.05, 0.1) is 29.1 Å². The highest BCUT2D eigenvalue weighted by Crippen LogP contribution is 2.28. The van der Waals surface area contributed by atoms with Gasteiger partial charge in [0, 0.05) is 6.54 Å². The van der Waals surface area contributed by atoms with Crippen molar-refractivity contribution in [3.05, 3.63) is 12.0 Å². The minimum atomic E-state index is -2.94. The van der Waals surface area contributed by atoms with Crippen LogP contribution in [0.2, 0.25) is 0 Å². The van der Waals surface area contributed by atoms with E-state index in [1.807, 2.05) is 13.8 Å². The average molecular weight is 295 g/mol. The van der Waals surface area contributed by atoms with Crippen LogP contribution in [0.1, 0.15) is 25.2 Å². The average Bonchev–Trinajstić information content (AvgIpc) is 2.92. The van der Waals surface area contributed by atoms with E-state index >= 15 is 0 Å². The number of hydrogen-bond donors (Lipinski definition) is 1. The normalized spacial score (nSPS) is 21.4. The van der Waals surface area contributed by atoms with Crippen molar-refractivity contribution in [2.24, 2.45) is 0 Å². The molecule has 0 radical (unpaired) electrons. The highest BCUT2D eigenvalue weighted by atomic mass is 32.2. The van der Waals surface area contributed by atoms with Crippen molar-refractivity contribution < 1.29 is 8.42 Å². The van der Waals surface area contributed by atoms with Gasteiger partial charge in [-0.25, -0.2) is 23.1 Å². The molecule has 1 aliphatic heterocycles. The number of aryl methyl sites for hydroxylation is 1. The molecule has 108 valence electrons. The summed E-state index contributed by atoms with van der Waals surface area (Å²) in [7, 11) is -2.94. The fourth-order valence-electron chi connectivity index (χ4n) is 2.57. The van der Waals surface area contributed by atoms with E-state index in [0.29, 0.717) is 17.9 Å². The summed E-state index contributed by atoms with van der Waals surface area (Å²) in [4.78, 5) is 8.79. The van der Waals surface area contributed by atoms with Crippen LogP contribution in [-0.4, -0.2) is 46.2 Å². The van der Waals surface area contributed by atoms with Gasteiger partial charge in [-0.1, -0.05) is 0 Å². The third-order valence-corrected chi connectivity index (χ3v) is 5.21. The van der Waals surface area contributed by atoms with Crippen molar-refractivity contribution in [2.75, 3.05) is 23.4 Å². The predicted molar refractivity (Wildman–Crippen MR) is 76.5 cm³/mol. The van der Waals surface area contributed by atoms with Crippen LogP contribution in [0.4, 0.5) is 5.82 Å². The smallest absolute Gasteiger partial charge is 0.163 e. The number of nitrogens with zero attached hydrogens (tertiary/aromatic N) is 4. The maximum absolute atomic E-state index is 11.6. The van der Waals surface area contributed by atoms with Crippen LogP contribution in [0.3, 0.4) is 0 Å². The Balaban J connectivity index is 2.09. The Kier molecular flexibility index (Phi) is 3.12. The molecule has 1 atom stereocenters. The van der Waals surface area contributed by atoms with Crippen molar-refractivity contribution in [2.45, 2.75) is 26.3 Å². The van der Waals surface area contributed by atoms with Crippen molar-refractivity contribution in [3.8, 4) is 0 Å². The molecule has 3 heterocycles. The van der Waals surface area contributed by atoms with Gasteiger partial charge in [0.1, 0.15) is 11.6 Å². The lowest BCUT2D eigenvalue weighted by Crippen LogP contribution is -2.13. The van der Waals surface area contributed by atoms with Gasteiger partial charge in [-0.3, -0.25) is 0 Å². The van der Waals surface area contributed by atoms with Gasteiger partial charge in [-0.05, 0) is 20.3 Å². The van der Waals surface area contributed by atoms with Crippen molar-refractivity contribution in [3.63, 3.8) is 0 Å². The van der Waals surface area contributed by atoms with E-state index in [1.54, 1.807) is 10.9 Å². The molecule has 1 saturated heterocycles. The molecule has 0 aromatic carbocycles. The molecule has 2 aromatic heterocycles. The van der Waals surface area contributed by atoms with Crippen LogP contribution >= 0.6 is 0 Å². The van der Waals surface area contributed by atoms with Gasteiger partial charge in [0.15, 0.2) is 15.5 Å². The summed E-state index contributed by atoms with van der Waals surface area (Å²) in [6.45, 7) is 4.58. The van der Waals surface area contributed by atoms with E-state index < -0.39 is 9.84 Å². The number of rotatable bonds is 3. The van der Waals surface area contributed by atoms with Gasteiger partial charge >= 0.3 is 0 Å². The molecule has 0 bridgehead atoms. The minimum absolute atomic E-state index is 0.124. The minimum Gasteiger partial charge on any atom is -0.370 e. The molecule has 0 saturated carbocycles. The maximum Gasteiger partial charge on any atom is 0.163 e. The predicted octanol–water partition coefficient (Wildman–Crippen LogP) is 0.926. The Bertz CT molecular complexity index is 753. The fourth-order valence-corrected chi connectivity index (χ4v) is 4.26. The third-order valence-electron chi connectivity index (χ3n) is 3.46. The Hall–Kier alpha value is -1.70. The van der Waals surface area contributed by atoms with Crippen LogP contribution in [-0.2, 0) is 9.84 Å². The lowest BCUT2D eigenvalue weighted by Gasteiger charge is -2.10. The topological polar surface area (TPSA) is 89.8 Å². The maximum atomic E-state index is 11.6. The Morgan fingerprint density at radius 2 is 2.25 bits per heavy atom. The molecule has 1 N–H and O–H groups in total. The third kappa shape index (κ3) is 2.24. The van der Waals surface area contributed by atoms with E-state index in [-0.39, 0.29) is 17.5 Å². The zero-order valence-electron chi connectivity index (χ0n) is 11.5. The molecular weight excluding hydrogens is 278 g/mol.